The smallest absolute Gasteiger partial charge is 0.161 e. The summed E-state index contributed by atoms with van der Waals surface area (Å²) in [6.45, 7) is 0. The van der Waals surface area contributed by atoms with Crippen LogP contribution in [-0.4, -0.2) is 40.6 Å². The summed E-state index contributed by atoms with van der Waals surface area (Å²) in [5.41, 5.74) is 10.1. The molecule has 3 atom stereocenters. The number of aromatic amines is 1. The van der Waals surface area contributed by atoms with Crippen LogP contribution in [-0.2, 0) is 32.1 Å². The van der Waals surface area contributed by atoms with E-state index in [9.17, 15) is 15.3 Å². The Morgan fingerprint density at radius 1 is 0.796 bits per heavy atom. The number of aryl methyl sites for hydroxylation is 2. The maximum absolute atomic E-state index is 11.7. The van der Waals surface area contributed by atoms with Crippen molar-refractivity contribution >= 4 is 10.9 Å². The Bertz CT molecular complexity index is 2170. The van der Waals surface area contributed by atoms with Crippen molar-refractivity contribution in [2.24, 2.45) is 0 Å². The number of aliphatic hydroxyl groups is 1. The van der Waals surface area contributed by atoms with E-state index in [0.29, 0.717) is 36.5 Å². The van der Waals surface area contributed by atoms with Gasteiger partial charge in [0.25, 0.3) is 0 Å². The molecule has 0 fully saturated rings. The van der Waals surface area contributed by atoms with Gasteiger partial charge in [-0.1, -0.05) is 42.5 Å². The molecule has 2 heterocycles. The molecule has 248 valence electrons. The molecular formula is C42H39NO6. The molecule has 8 rings (SSSR count). The van der Waals surface area contributed by atoms with Gasteiger partial charge in [-0.05, 0) is 118 Å². The van der Waals surface area contributed by atoms with Gasteiger partial charge in [0, 0.05) is 35.3 Å². The van der Waals surface area contributed by atoms with E-state index in [4.69, 9.17) is 14.2 Å². The highest BCUT2D eigenvalue weighted by atomic mass is 16.5. The standard InChI is InChI=1S/C42H39NO6/c1-47-38-23-37-33(22-36(45)42(49-37)29-18-27(41(46)39(20-29)48-2)10-8-24-6-4-3-5-7-24)34-19-28(32-21-30(44)11-12-31(32)40(34)38)17-25-9-13-35-26(16-25)14-15-43-35/h3-7,9,11-16,18,20-21,23,28,36,42-46H,8,10,17,19,22H2,1-2H3. The Labute approximate surface area is 285 Å². The van der Waals surface area contributed by atoms with Crippen molar-refractivity contribution in [1.82, 2.24) is 4.98 Å². The summed E-state index contributed by atoms with van der Waals surface area (Å²) in [6.07, 6.45) is 3.69. The first kappa shape index (κ1) is 30.9. The lowest BCUT2D eigenvalue weighted by atomic mass is 9.73. The monoisotopic (exact) mass is 653 g/mol. The predicted molar refractivity (Wildman–Crippen MR) is 190 cm³/mol. The number of H-pyrrole nitrogens is 1. The summed E-state index contributed by atoms with van der Waals surface area (Å²) < 4.78 is 18.3. The number of aromatic nitrogens is 1. The third kappa shape index (κ3) is 5.64. The molecule has 0 saturated heterocycles. The van der Waals surface area contributed by atoms with Crippen LogP contribution in [0.5, 0.6) is 28.7 Å². The van der Waals surface area contributed by atoms with Crippen molar-refractivity contribution in [3.8, 4) is 39.9 Å². The van der Waals surface area contributed by atoms with Gasteiger partial charge in [-0.25, -0.2) is 0 Å². The number of phenols is 2. The second-order valence-corrected chi connectivity index (χ2v) is 13.2. The summed E-state index contributed by atoms with van der Waals surface area (Å²) in [6, 6.07) is 29.9. The van der Waals surface area contributed by atoms with E-state index < -0.39 is 12.2 Å². The molecule has 5 aromatic carbocycles. The van der Waals surface area contributed by atoms with Gasteiger partial charge < -0.3 is 34.5 Å². The number of hydrogen-bond acceptors (Lipinski definition) is 6. The van der Waals surface area contributed by atoms with Crippen LogP contribution in [0.15, 0.2) is 97.2 Å². The Hall–Kier alpha value is -5.40. The lowest BCUT2D eigenvalue weighted by molar-refractivity contribution is 0.0201. The van der Waals surface area contributed by atoms with E-state index in [0.717, 1.165) is 57.3 Å². The number of phenolic OH excluding ortho intramolecular Hbond substituents is 2. The van der Waals surface area contributed by atoms with Crippen molar-refractivity contribution in [3.05, 3.63) is 136 Å². The SMILES string of the molecule is COc1cc(C2Oc3cc(OC)c4c(c3CC2O)CC(Cc2ccc3[nH]ccc3c2)c2cc(O)ccc2-4)cc(CCc2ccccc2)c1O. The minimum absolute atomic E-state index is 0.0885. The predicted octanol–water partition coefficient (Wildman–Crippen LogP) is 7.97. The fourth-order valence-electron chi connectivity index (χ4n) is 7.85. The first-order valence-corrected chi connectivity index (χ1v) is 16.8. The molecule has 2 aliphatic rings. The fourth-order valence-corrected chi connectivity index (χ4v) is 7.85. The van der Waals surface area contributed by atoms with Crippen LogP contribution in [0.4, 0.5) is 0 Å². The highest BCUT2D eigenvalue weighted by Crippen LogP contribution is 2.52. The van der Waals surface area contributed by atoms with Crippen molar-refractivity contribution in [1.29, 1.82) is 0 Å². The Morgan fingerprint density at radius 2 is 1.63 bits per heavy atom. The second-order valence-electron chi connectivity index (χ2n) is 13.2. The zero-order valence-corrected chi connectivity index (χ0v) is 27.6. The van der Waals surface area contributed by atoms with E-state index in [1.807, 2.05) is 48.7 Å². The number of methoxy groups -OCH3 is 2. The molecule has 1 aliphatic carbocycles. The summed E-state index contributed by atoms with van der Waals surface area (Å²) in [5, 5.41) is 34.5. The van der Waals surface area contributed by atoms with Crippen LogP contribution in [0.25, 0.3) is 22.0 Å². The van der Waals surface area contributed by atoms with E-state index >= 15 is 0 Å². The minimum Gasteiger partial charge on any atom is -0.508 e. The van der Waals surface area contributed by atoms with E-state index in [1.54, 1.807) is 19.2 Å². The van der Waals surface area contributed by atoms with Gasteiger partial charge in [0.15, 0.2) is 11.5 Å². The van der Waals surface area contributed by atoms with E-state index in [2.05, 4.69) is 41.4 Å². The van der Waals surface area contributed by atoms with Gasteiger partial charge in [0.05, 0.1) is 20.3 Å². The lowest BCUT2D eigenvalue weighted by Crippen LogP contribution is -2.32. The molecule has 6 aromatic rings. The highest BCUT2D eigenvalue weighted by Gasteiger charge is 2.37. The van der Waals surface area contributed by atoms with Crippen molar-refractivity contribution in [2.45, 2.75) is 50.2 Å². The summed E-state index contributed by atoms with van der Waals surface area (Å²) in [7, 11) is 3.20. The molecule has 49 heavy (non-hydrogen) atoms. The van der Waals surface area contributed by atoms with E-state index in [1.165, 1.54) is 23.6 Å². The van der Waals surface area contributed by atoms with Crippen LogP contribution in [0.3, 0.4) is 0 Å². The molecule has 0 radical (unpaired) electrons. The topological polar surface area (TPSA) is 104 Å². The third-order valence-electron chi connectivity index (χ3n) is 10.3. The van der Waals surface area contributed by atoms with Gasteiger partial charge in [0.2, 0.25) is 0 Å². The summed E-state index contributed by atoms with van der Waals surface area (Å²) >= 11 is 0. The minimum atomic E-state index is -0.836. The Balaban J connectivity index is 1.16. The zero-order chi connectivity index (χ0) is 33.6. The second kappa shape index (κ2) is 12.6. The van der Waals surface area contributed by atoms with Gasteiger partial charge in [-0.15, -0.1) is 0 Å². The van der Waals surface area contributed by atoms with Gasteiger partial charge in [0.1, 0.15) is 23.4 Å². The molecule has 0 saturated carbocycles. The number of benzene rings is 5. The first-order valence-electron chi connectivity index (χ1n) is 16.8. The van der Waals surface area contributed by atoms with Gasteiger partial charge in [-0.2, -0.15) is 0 Å². The van der Waals surface area contributed by atoms with Crippen LogP contribution in [0, 0.1) is 0 Å². The van der Waals surface area contributed by atoms with Crippen LogP contribution in [0.2, 0.25) is 0 Å². The molecule has 7 nitrogen and oxygen atoms in total. The summed E-state index contributed by atoms with van der Waals surface area (Å²) in [5.74, 6) is 2.15. The highest BCUT2D eigenvalue weighted by molar-refractivity contribution is 5.83. The Kier molecular flexibility index (Phi) is 7.92. The van der Waals surface area contributed by atoms with Gasteiger partial charge in [-0.3, -0.25) is 0 Å². The van der Waals surface area contributed by atoms with Crippen LogP contribution < -0.4 is 14.2 Å². The summed E-state index contributed by atoms with van der Waals surface area (Å²) in [4.78, 5) is 3.27. The molecule has 1 aliphatic heterocycles. The number of rotatable bonds is 8. The number of nitrogens with one attached hydrogen (secondary N) is 1. The maximum Gasteiger partial charge on any atom is 0.161 e. The van der Waals surface area contributed by atoms with Gasteiger partial charge >= 0.3 is 0 Å². The zero-order valence-electron chi connectivity index (χ0n) is 27.6. The first-order chi connectivity index (χ1) is 23.9. The van der Waals surface area contributed by atoms with Crippen molar-refractivity contribution in [2.75, 3.05) is 14.2 Å². The molecule has 0 amide bonds. The lowest BCUT2D eigenvalue weighted by Gasteiger charge is -2.37. The quantitative estimate of drug-likeness (QED) is 0.133. The molecule has 0 spiro atoms. The number of aromatic hydroxyl groups is 2. The maximum atomic E-state index is 11.7. The van der Waals surface area contributed by atoms with Crippen molar-refractivity contribution in [3.63, 3.8) is 0 Å². The normalized spacial score (nSPS) is 17.9. The average molecular weight is 654 g/mol. The molecular weight excluding hydrogens is 614 g/mol. The number of aliphatic hydroxyl groups excluding tert-OH is 1. The van der Waals surface area contributed by atoms with Crippen LogP contribution in [0.1, 0.15) is 51.0 Å². The van der Waals surface area contributed by atoms with E-state index in [-0.39, 0.29) is 17.4 Å². The molecule has 1 aromatic heterocycles. The Morgan fingerprint density at radius 3 is 2.45 bits per heavy atom. The van der Waals surface area contributed by atoms with Crippen molar-refractivity contribution < 1.29 is 29.5 Å². The largest absolute Gasteiger partial charge is 0.508 e. The molecule has 7 heteroatoms. The van der Waals surface area contributed by atoms with Crippen LogP contribution >= 0.6 is 0 Å². The number of hydrogen-bond donors (Lipinski definition) is 4. The molecule has 0 bridgehead atoms. The number of ether oxygens (including phenoxy) is 3. The molecule has 4 N–H and O–H groups in total. The average Bonchev–Trinajstić information content (AvgIpc) is 3.59. The number of fused-ring (bicyclic) bond motifs is 6. The molecule has 3 unspecified atom stereocenters. The third-order valence-corrected chi connectivity index (χ3v) is 10.3. The fraction of sp³-hybridized carbons (Fsp3) is 0.238.